The first-order valence-electron chi connectivity index (χ1n) is 9.87. The lowest BCUT2D eigenvalue weighted by Crippen LogP contribution is -2.23. The van der Waals surface area contributed by atoms with Crippen LogP contribution < -0.4 is 10.9 Å². The topological polar surface area (TPSA) is 96.4 Å². The molecule has 2 N–H and O–H groups in total. The lowest BCUT2D eigenvalue weighted by Gasteiger charge is -2.13. The molecule has 168 valence electrons. The third-order valence-electron chi connectivity index (χ3n) is 4.67. The van der Waals surface area contributed by atoms with Gasteiger partial charge in [-0.25, -0.2) is 0 Å². The van der Waals surface area contributed by atoms with Crippen LogP contribution in [0.15, 0.2) is 52.2 Å². The summed E-state index contributed by atoms with van der Waals surface area (Å²) in [5, 5.41) is 3.14. The first-order chi connectivity index (χ1) is 15.3. The minimum atomic E-state index is -0.360. The van der Waals surface area contributed by atoms with Crippen LogP contribution in [0, 0.1) is 4.77 Å². The van der Waals surface area contributed by atoms with Gasteiger partial charge in [0.1, 0.15) is 0 Å². The maximum atomic E-state index is 12.9. The SMILES string of the molecule is COCCCn1c(=S)[nH]c2cc(C(=O)Nc3ccccc3SC(=O)N(C)C)ccc2c1=O. The Hall–Kier alpha value is -2.95. The molecule has 0 aliphatic rings. The van der Waals surface area contributed by atoms with Crippen molar-refractivity contribution in [3.8, 4) is 0 Å². The number of carbonyl (C=O) groups is 2. The van der Waals surface area contributed by atoms with E-state index in [9.17, 15) is 14.4 Å². The number of aromatic amines is 1. The van der Waals surface area contributed by atoms with Crippen molar-refractivity contribution in [3.63, 3.8) is 0 Å². The van der Waals surface area contributed by atoms with E-state index in [1.807, 2.05) is 0 Å². The molecule has 3 aromatic rings. The monoisotopic (exact) mass is 472 g/mol. The standard InChI is InChI=1S/C22H24N4O4S2/c1-25(2)22(29)32-18-8-5-4-7-16(18)23-19(27)14-9-10-15-17(13-14)24-21(31)26(20(15)28)11-6-12-30-3/h4-5,7-10,13H,6,11-12H2,1-3H3,(H,23,27)(H,24,31). The average molecular weight is 473 g/mol. The van der Waals surface area contributed by atoms with Gasteiger partial charge in [0, 0.05) is 44.8 Å². The smallest absolute Gasteiger partial charge is 0.286 e. The van der Waals surface area contributed by atoms with Gasteiger partial charge in [-0.2, -0.15) is 0 Å². The van der Waals surface area contributed by atoms with Crippen molar-refractivity contribution < 1.29 is 14.3 Å². The Labute approximate surface area is 194 Å². The molecular weight excluding hydrogens is 448 g/mol. The fraction of sp³-hybridized carbons (Fsp3) is 0.273. The van der Waals surface area contributed by atoms with Gasteiger partial charge in [-0.15, -0.1) is 0 Å². The van der Waals surface area contributed by atoms with E-state index in [0.29, 0.717) is 51.4 Å². The molecule has 2 amide bonds. The predicted octanol–water partition coefficient (Wildman–Crippen LogP) is 4.12. The number of hydrogen-bond acceptors (Lipinski definition) is 6. The van der Waals surface area contributed by atoms with E-state index in [0.717, 1.165) is 11.8 Å². The Balaban J connectivity index is 1.87. The molecule has 2 aromatic carbocycles. The number of anilines is 1. The molecule has 0 saturated heterocycles. The van der Waals surface area contributed by atoms with Crippen molar-refractivity contribution >= 4 is 51.7 Å². The molecule has 1 aromatic heterocycles. The van der Waals surface area contributed by atoms with Crippen molar-refractivity contribution in [2.24, 2.45) is 0 Å². The van der Waals surface area contributed by atoms with Gasteiger partial charge in [-0.1, -0.05) is 12.1 Å². The summed E-state index contributed by atoms with van der Waals surface area (Å²) in [6, 6.07) is 11.9. The highest BCUT2D eigenvalue weighted by atomic mass is 32.2. The van der Waals surface area contributed by atoms with Crippen molar-refractivity contribution in [1.82, 2.24) is 14.5 Å². The summed E-state index contributed by atoms with van der Waals surface area (Å²) in [6.45, 7) is 0.971. The quantitative estimate of drug-likeness (QED) is 0.305. The van der Waals surface area contributed by atoms with E-state index < -0.39 is 0 Å². The molecule has 0 unspecified atom stereocenters. The van der Waals surface area contributed by atoms with Crippen molar-refractivity contribution in [3.05, 3.63) is 63.2 Å². The number of benzene rings is 2. The van der Waals surface area contributed by atoms with Crippen LogP contribution in [0.4, 0.5) is 10.5 Å². The number of nitrogens with one attached hydrogen (secondary N) is 2. The summed E-state index contributed by atoms with van der Waals surface area (Å²) >= 11 is 6.37. The number of rotatable bonds is 7. The van der Waals surface area contributed by atoms with Crippen molar-refractivity contribution in [2.45, 2.75) is 17.9 Å². The minimum absolute atomic E-state index is 0.147. The van der Waals surface area contributed by atoms with E-state index in [1.54, 1.807) is 63.7 Å². The number of fused-ring (bicyclic) bond motifs is 1. The number of para-hydroxylation sites is 1. The highest BCUT2D eigenvalue weighted by Crippen LogP contribution is 2.29. The molecule has 32 heavy (non-hydrogen) atoms. The van der Waals surface area contributed by atoms with Crippen LogP contribution in [-0.2, 0) is 11.3 Å². The predicted molar refractivity (Wildman–Crippen MR) is 129 cm³/mol. The second-order valence-corrected chi connectivity index (χ2v) is 8.59. The summed E-state index contributed by atoms with van der Waals surface area (Å²) in [4.78, 5) is 42.9. The summed E-state index contributed by atoms with van der Waals surface area (Å²) in [5.41, 5.74) is 1.16. The second kappa shape index (κ2) is 10.6. The molecule has 3 rings (SSSR count). The fourth-order valence-electron chi connectivity index (χ4n) is 3.00. The Morgan fingerprint density at radius 1 is 1.22 bits per heavy atom. The van der Waals surface area contributed by atoms with Gasteiger partial charge >= 0.3 is 0 Å². The Morgan fingerprint density at radius 2 is 1.97 bits per heavy atom. The summed E-state index contributed by atoms with van der Waals surface area (Å²) in [6.07, 6.45) is 0.660. The largest absolute Gasteiger partial charge is 0.385 e. The van der Waals surface area contributed by atoms with Crippen LogP contribution in [0.3, 0.4) is 0 Å². The van der Waals surface area contributed by atoms with E-state index >= 15 is 0 Å². The number of methoxy groups -OCH3 is 1. The number of amides is 2. The number of aromatic nitrogens is 2. The van der Waals surface area contributed by atoms with E-state index in [1.165, 1.54) is 9.47 Å². The maximum absolute atomic E-state index is 12.9. The molecular formula is C22H24N4O4S2. The van der Waals surface area contributed by atoms with Gasteiger partial charge in [0.15, 0.2) is 4.77 Å². The van der Waals surface area contributed by atoms with Crippen LogP contribution in [0.2, 0.25) is 0 Å². The van der Waals surface area contributed by atoms with Crippen LogP contribution in [0.25, 0.3) is 10.9 Å². The molecule has 1 heterocycles. The number of nitrogens with zero attached hydrogens (tertiary/aromatic N) is 2. The van der Waals surface area contributed by atoms with Gasteiger partial charge in [-0.05, 0) is 60.7 Å². The van der Waals surface area contributed by atoms with E-state index in [2.05, 4.69) is 10.3 Å². The van der Waals surface area contributed by atoms with Crippen LogP contribution in [0.1, 0.15) is 16.8 Å². The van der Waals surface area contributed by atoms with Crippen molar-refractivity contribution in [1.29, 1.82) is 0 Å². The van der Waals surface area contributed by atoms with Crippen LogP contribution in [-0.4, -0.2) is 53.4 Å². The number of H-pyrrole nitrogens is 1. The zero-order chi connectivity index (χ0) is 23.3. The van der Waals surface area contributed by atoms with Gasteiger partial charge < -0.3 is 19.9 Å². The number of hydrogen-bond donors (Lipinski definition) is 2. The fourth-order valence-corrected chi connectivity index (χ4v) is 4.04. The van der Waals surface area contributed by atoms with E-state index in [-0.39, 0.29) is 16.7 Å². The van der Waals surface area contributed by atoms with Gasteiger partial charge in [0.2, 0.25) is 0 Å². The van der Waals surface area contributed by atoms with E-state index in [4.69, 9.17) is 17.0 Å². The molecule has 8 nitrogen and oxygen atoms in total. The van der Waals surface area contributed by atoms with Gasteiger partial charge in [0.25, 0.3) is 16.7 Å². The third kappa shape index (κ3) is 5.45. The molecule has 0 aliphatic carbocycles. The zero-order valence-corrected chi connectivity index (χ0v) is 19.6. The van der Waals surface area contributed by atoms with Crippen LogP contribution in [0.5, 0.6) is 0 Å². The number of ether oxygens (including phenoxy) is 1. The lowest BCUT2D eigenvalue weighted by atomic mass is 10.1. The molecule has 0 spiro atoms. The molecule has 0 aliphatic heterocycles. The summed E-state index contributed by atoms with van der Waals surface area (Å²) in [7, 11) is 4.94. The molecule has 0 saturated carbocycles. The Bertz CT molecular complexity index is 1270. The third-order valence-corrected chi connectivity index (χ3v) is 6.11. The first-order valence-corrected chi connectivity index (χ1v) is 11.1. The lowest BCUT2D eigenvalue weighted by molar-refractivity contribution is 0.102. The normalized spacial score (nSPS) is 10.8. The molecule has 10 heteroatoms. The zero-order valence-electron chi connectivity index (χ0n) is 18.0. The molecule has 0 atom stereocenters. The molecule has 0 radical (unpaired) electrons. The van der Waals surface area contributed by atoms with Gasteiger partial charge in [-0.3, -0.25) is 19.0 Å². The Morgan fingerprint density at radius 3 is 2.69 bits per heavy atom. The maximum Gasteiger partial charge on any atom is 0.286 e. The first kappa shape index (κ1) is 23.7. The highest BCUT2D eigenvalue weighted by Gasteiger charge is 2.15. The molecule has 0 fully saturated rings. The Kier molecular flexibility index (Phi) is 7.84. The van der Waals surface area contributed by atoms with Gasteiger partial charge in [0.05, 0.1) is 16.6 Å². The average Bonchev–Trinajstić information content (AvgIpc) is 2.76. The summed E-state index contributed by atoms with van der Waals surface area (Å²) < 4.78 is 6.82. The minimum Gasteiger partial charge on any atom is -0.385 e. The second-order valence-electron chi connectivity index (χ2n) is 7.21. The highest BCUT2D eigenvalue weighted by molar-refractivity contribution is 8.13. The van der Waals surface area contributed by atoms with Crippen LogP contribution >= 0.6 is 24.0 Å². The number of carbonyl (C=O) groups excluding carboxylic acids is 2. The summed E-state index contributed by atoms with van der Waals surface area (Å²) in [5.74, 6) is -0.360. The molecule has 0 bridgehead atoms. The number of thioether (sulfide) groups is 1. The van der Waals surface area contributed by atoms with Crippen molar-refractivity contribution in [2.75, 3.05) is 33.1 Å².